The minimum absolute atomic E-state index is 0.0413. The van der Waals surface area contributed by atoms with E-state index in [1.165, 1.54) is 4.90 Å². The van der Waals surface area contributed by atoms with E-state index in [0.717, 1.165) is 11.1 Å². The molecular weight excluding hydrogens is 392 g/mol. The van der Waals surface area contributed by atoms with Gasteiger partial charge in [-0.15, -0.1) is 0 Å². The summed E-state index contributed by atoms with van der Waals surface area (Å²) in [5.41, 5.74) is 3.84. The lowest BCUT2D eigenvalue weighted by atomic mass is 9.95. The van der Waals surface area contributed by atoms with E-state index >= 15 is 0 Å². The van der Waals surface area contributed by atoms with E-state index < -0.39 is 17.7 Å². The summed E-state index contributed by atoms with van der Waals surface area (Å²) in [4.78, 5) is 31.7. The number of hydrogen-bond donors (Lipinski definition) is 1. The Labute approximate surface area is 180 Å². The third-order valence-electron chi connectivity index (χ3n) is 5.60. The molecule has 0 bridgehead atoms. The molecule has 2 heterocycles. The monoisotopic (exact) mass is 414 g/mol. The van der Waals surface area contributed by atoms with Gasteiger partial charge in [0, 0.05) is 23.6 Å². The van der Waals surface area contributed by atoms with Crippen molar-refractivity contribution in [2.45, 2.75) is 19.9 Å². The van der Waals surface area contributed by atoms with Gasteiger partial charge in [0.15, 0.2) is 0 Å². The Morgan fingerprint density at radius 2 is 1.65 bits per heavy atom. The maximum absolute atomic E-state index is 13.1. The van der Waals surface area contributed by atoms with Crippen LogP contribution >= 0.6 is 0 Å². The second-order valence-electron chi connectivity index (χ2n) is 7.45. The van der Waals surface area contributed by atoms with Crippen LogP contribution < -0.4 is 9.64 Å². The maximum Gasteiger partial charge on any atom is 0.300 e. The smallest absolute Gasteiger partial charge is 0.300 e. The molecule has 0 aliphatic carbocycles. The number of anilines is 1. The van der Waals surface area contributed by atoms with Crippen molar-refractivity contribution in [3.63, 3.8) is 0 Å². The summed E-state index contributed by atoms with van der Waals surface area (Å²) in [5, 5.41) is 11.1. The third-order valence-corrected chi connectivity index (χ3v) is 5.60. The van der Waals surface area contributed by atoms with Crippen molar-refractivity contribution >= 4 is 23.1 Å². The number of carbonyl (C=O) groups excluding carboxylic acids is 2. The minimum atomic E-state index is -0.771. The fraction of sp³-hybridized carbons (Fsp3) is 0.160. The zero-order valence-electron chi connectivity index (χ0n) is 17.5. The number of nitrogens with zero attached hydrogens (tertiary/aromatic N) is 2. The highest BCUT2D eigenvalue weighted by Crippen LogP contribution is 2.42. The average Bonchev–Trinajstić information content (AvgIpc) is 3.06. The number of aromatic nitrogens is 1. The summed E-state index contributed by atoms with van der Waals surface area (Å²) in [6.07, 6.45) is 3.20. The molecule has 1 aromatic heterocycles. The molecule has 1 atom stereocenters. The van der Waals surface area contributed by atoms with Gasteiger partial charge < -0.3 is 9.84 Å². The van der Waals surface area contributed by atoms with Crippen molar-refractivity contribution in [3.8, 4) is 5.75 Å². The van der Waals surface area contributed by atoms with Crippen molar-refractivity contribution in [2.24, 2.45) is 0 Å². The van der Waals surface area contributed by atoms with Crippen LogP contribution in [0.5, 0.6) is 5.75 Å². The van der Waals surface area contributed by atoms with Crippen LogP contribution in [0.15, 0.2) is 72.6 Å². The highest BCUT2D eigenvalue weighted by molar-refractivity contribution is 6.51. The topological polar surface area (TPSA) is 79.7 Å². The number of hydrogen-bond acceptors (Lipinski definition) is 5. The zero-order valence-corrected chi connectivity index (χ0v) is 17.5. The van der Waals surface area contributed by atoms with Gasteiger partial charge in [-0.1, -0.05) is 6.07 Å². The van der Waals surface area contributed by atoms with Gasteiger partial charge >= 0.3 is 0 Å². The minimum Gasteiger partial charge on any atom is -0.507 e. The zero-order chi connectivity index (χ0) is 22.1. The molecule has 1 fully saturated rings. The number of ketones is 1. The van der Waals surface area contributed by atoms with Crippen LogP contribution in [0.4, 0.5) is 5.69 Å². The molecule has 1 amide bonds. The van der Waals surface area contributed by atoms with Gasteiger partial charge in [0.25, 0.3) is 11.7 Å². The van der Waals surface area contributed by atoms with Crippen LogP contribution in [0.1, 0.15) is 28.3 Å². The normalized spacial score (nSPS) is 17.8. The molecule has 6 nitrogen and oxygen atoms in total. The number of aliphatic hydroxyl groups is 1. The lowest BCUT2D eigenvalue weighted by Gasteiger charge is -2.26. The molecule has 1 aliphatic heterocycles. The Morgan fingerprint density at radius 3 is 2.26 bits per heavy atom. The lowest BCUT2D eigenvalue weighted by Crippen LogP contribution is -2.29. The molecular formula is C25H22N2O4. The quantitative estimate of drug-likeness (QED) is 0.390. The Hall–Kier alpha value is -3.93. The number of rotatable bonds is 4. The first kappa shape index (κ1) is 20.3. The average molecular weight is 414 g/mol. The number of aryl methyl sites for hydroxylation is 2. The highest BCUT2D eigenvalue weighted by Gasteiger charge is 2.47. The molecule has 4 rings (SSSR count). The van der Waals surface area contributed by atoms with Crippen LogP contribution in [-0.4, -0.2) is 28.9 Å². The van der Waals surface area contributed by atoms with Gasteiger partial charge in [-0.25, -0.2) is 0 Å². The van der Waals surface area contributed by atoms with Gasteiger partial charge in [0.1, 0.15) is 11.5 Å². The van der Waals surface area contributed by atoms with Crippen LogP contribution in [0, 0.1) is 13.8 Å². The predicted molar refractivity (Wildman–Crippen MR) is 118 cm³/mol. The third kappa shape index (κ3) is 3.57. The van der Waals surface area contributed by atoms with Crippen molar-refractivity contribution in [2.75, 3.05) is 12.0 Å². The van der Waals surface area contributed by atoms with Crippen molar-refractivity contribution in [3.05, 3.63) is 94.8 Å². The predicted octanol–water partition coefficient (Wildman–Crippen LogP) is 4.33. The van der Waals surface area contributed by atoms with E-state index in [0.29, 0.717) is 22.6 Å². The molecule has 1 unspecified atom stereocenters. The number of Topliss-reactive ketones (excluding diaryl/α,β-unsaturated/α-hetero) is 1. The lowest BCUT2D eigenvalue weighted by molar-refractivity contribution is -0.132. The second kappa shape index (κ2) is 8.07. The van der Waals surface area contributed by atoms with Crippen molar-refractivity contribution in [1.82, 2.24) is 4.98 Å². The summed E-state index contributed by atoms with van der Waals surface area (Å²) in [6.45, 7) is 3.94. The SMILES string of the molecule is COc1ccc(/C(O)=C2\C(=O)C(=O)N(c3ccc(C)c(C)c3)C2c2ccncc2)cc1. The summed E-state index contributed by atoms with van der Waals surface area (Å²) in [6, 6.07) is 15.0. The first-order chi connectivity index (χ1) is 14.9. The van der Waals surface area contributed by atoms with Gasteiger partial charge in [-0.3, -0.25) is 19.5 Å². The van der Waals surface area contributed by atoms with Gasteiger partial charge in [-0.2, -0.15) is 0 Å². The van der Waals surface area contributed by atoms with Gasteiger partial charge in [-0.05, 0) is 79.1 Å². The van der Waals surface area contributed by atoms with Gasteiger partial charge in [0.05, 0.1) is 18.7 Å². The molecule has 2 aromatic carbocycles. The molecule has 1 N–H and O–H groups in total. The Morgan fingerprint density at radius 1 is 0.968 bits per heavy atom. The standard InChI is InChI=1S/C25H22N2O4/c1-15-4-7-19(14-16(15)2)27-22(17-10-12-26-13-11-17)21(24(29)25(27)30)23(28)18-5-8-20(31-3)9-6-18/h4-14,22,28H,1-3H3/b23-21+. The van der Waals surface area contributed by atoms with Crippen LogP contribution in [0.3, 0.4) is 0 Å². The number of methoxy groups -OCH3 is 1. The van der Waals surface area contributed by atoms with Crippen LogP contribution in [0.2, 0.25) is 0 Å². The number of carbonyl (C=O) groups is 2. The molecule has 0 saturated carbocycles. The number of amides is 1. The Kier molecular flexibility index (Phi) is 5.29. The number of ether oxygens (including phenoxy) is 1. The molecule has 3 aromatic rings. The van der Waals surface area contributed by atoms with Crippen molar-refractivity contribution in [1.29, 1.82) is 0 Å². The van der Waals surface area contributed by atoms with E-state index in [1.807, 2.05) is 32.0 Å². The van der Waals surface area contributed by atoms with Crippen LogP contribution in [0.25, 0.3) is 5.76 Å². The summed E-state index contributed by atoms with van der Waals surface area (Å²) < 4.78 is 5.16. The van der Waals surface area contributed by atoms with Crippen molar-refractivity contribution < 1.29 is 19.4 Å². The summed E-state index contributed by atoms with van der Waals surface area (Å²) in [5.74, 6) is -1.01. The molecule has 1 saturated heterocycles. The van der Waals surface area contributed by atoms with Gasteiger partial charge in [0.2, 0.25) is 0 Å². The Bertz CT molecular complexity index is 1180. The van der Waals surface area contributed by atoms with E-state index in [4.69, 9.17) is 4.74 Å². The Balaban J connectivity index is 1.92. The summed E-state index contributed by atoms with van der Waals surface area (Å²) in [7, 11) is 1.55. The first-order valence-corrected chi connectivity index (χ1v) is 9.85. The number of aliphatic hydroxyl groups excluding tert-OH is 1. The molecule has 156 valence electrons. The fourth-order valence-corrected chi connectivity index (χ4v) is 3.74. The van der Waals surface area contributed by atoms with E-state index in [2.05, 4.69) is 4.98 Å². The van der Waals surface area contributed by atoms with E-state index in [9.17, 15) is 14.7 Å². The summed E-state index contributed by atoms with van der Waals surface area (Å²) >= 11 is 0. The maximum atomic E-state index is 13.1. The fourth-order valence-electron chi connectivity index (χ4n) is 3.74. The van der Waals surface area contributed by atoms with E-state index in [1.54, 1.807) is 55.9 Å². The first-order valence-electron chi connectivity index (χ1n) is 9.85. The highest BCUT2D eigenvalue weighted by atomic mass is 16.5. The largest absolute Gasteiger partial charge is 0.507 e. The van der Waals surface area contributed by atoms with E-state index in [-0.39, 0.29) is 11.3 Å². The van der Waals surface area contributed by atoms with Crippen LogP contribution in [-0.2, 0) is 9.59 Å². The molecule has 0 radical (unpaired) electrons. The second-order valence-corrected chi connectivity index (χ2v) is 7.45. The molecule has 1 aliphatic rings. The molecule has 31 heavy (non-hydrogen) atoms. The number of pyridine rings is 1. The number of benzene rings is 2. The molecule has 6 heteroatoms. The molecule has 0 spiro atoms.